The first-order chi connectivity index (χ1) is 11.7. The summed E-state index contributed by atoms with van der Waals surface area (Å²) in [5.41, 5.74) is 3.32. The lowest BCUT2D eigenvalue weighted by Crippen LogP contribution is -2.34. The molecule has 0 aromatic heterocycles. The molecule has 2 aromatic rings. The molecular weight excluding hydrogens is 335 g/mol. The molecule has 0 aliphatic rings. The summed E-state index contributed by atoms with van der Waals surface area (Å²) in [6.07, 6.45) is -4.63. The zero-order valence-electron chi connectivity index (χ0n) is 13.7. The minimum Gasteiger partial charge on any atom is -0.486 e. The highest BCUT2D eigenvalue weighted by Gasteiger charge is 2.35. The first-order valence-corrected chi connectivity index (χ1v) is 7.39. The van der Waals surface area contributed by atoms with Gasteiger partial charge in [-0.2, -0.15) is 13.2 Å². The van der Waals surface area contributed by atoms with Gasteiger partial charge in [-0.15, -0.1) is 0 Å². The van der Waals surface area contributed by atoms with E-state index in [-0.39, 0.29) is 12.3 Å². The molecule has 0 saturated carbocycles. The van der Waals surface area contributed by atoms with Crippen LogP contribution in [0.5, 0.6) is 5.75 Å². The summed E-state index contributed by atoms with van der Waals surface area (Å²) >= 11 is 0. The van der Waals surface area contributed by atoms with E-state index in [1.807, 2.05) is 32.0 Å². The summed E-state index contributed by atoms with van der Waals surface area (Å²) in [5.74, 6) is 4.51. The number of hydrogen-bond donors (Lipinski definition) is 3. The molecule has 0 fully saturated rings. The fraction of sp³-hybridized carbons (Fsp3) is 0.235. The summed E-state index contributed by atoms with van der Waals surface area (Å²) in [5, 5.41) is 2.23. The van der Waals surface area contributed by atoms with Crippen molar-refractivity contribution in [1.82, 2.24) is 5.43 Å². The number of benzene rings is 2. The highest BCUT2D eigenvalue weighted by molar-refractivity contribution is 5.90. The molecule has 0 aliphatic carbocycles. The van der Waals surface area contributed by atoms with Crippen LogP contribution in [-0.2, 0) is 12.8 Å². The lowest BCUT2D eigenvalue weighted by Gasteiger charge is -2.18. The summed E-state index contributed by atoms with van der Waals surface area (Å²) in [4.78, 5) is 11.4. The fourth-order valence-corrected chi connectivity index (χ4v) is 2.28. The van der Waals surface area contributed by atoms with Gasteiger partial charge in [-0.25, -0.2) is 10.6 Å². The Morgan fingerprint density at radius 3 is 2.56 bits per heavy atom. The molecule has 0 radical (unpaired) electrons. The number of halogens is 3. The minimum atomic E-state index is -4.63. The number of nitrogens with one attached hydrogen (secondary N) is 2. The van der Waals surface area contributed by atoms with Gasteiger partial charge in [-0.3, -0.25) is 5.43 Å². The largest absolute Gasteiger partial charge is 0.486 e. The quantitative estimate of drug-likeness (QED) is 0.443. The normalized spacial score (nSPS) is 11.1. The van der Waals surface area contributed by atoms with Crippen LogP contribution in [0.3, 0.4) is 0 Å². The Bertz CT molecular complexity index is 776. The molecule has 5 nitrogen and oxygen atoms in total. The summed E-state index contributed by atoms with van der Waals surface area (Å²) in [7, 11) is 0. The van der Waals surface area contributed by atoms with Gasteiger partial charge in [0.25, 0.3) is 0 Å². The van der Waals surface area contributed by atoms with E-state index >= 15 is 0 Å². The zero-order chi connectivity index (χ0) is 18.6. The Morgan fingerprint density at radius 2 is 1.92 bits per heavy atom. The average Bonchev–Trinajstić information content (AvgIpc) is 2.55. The van der Waals surface area contributed by atoms with Crippen LogP contribution in [-0.4, -0.2) is 6.03 Å². The van der Waals surface area contributed by atoms with Gasteiger partial charge in [0.15, 0.2) is 5.75 Å². The predicted molar refractivity (Wildman–Crippen MR) is 88.0 cm³/mol. The summed E-state index contributed by atoms with van der Waals surface area (Å²) in [6.45, 7) is 3.65. The zero-order valence-corrected chi connectivity index (χ0v) is 13.7. The maximum Gasteiger partial charge on any atom is 0.420 e. The molecular formula is C17H18F3N3O2. The predicted octanol–water partition coefficient (Wildman–Crippen LogP) is 3.90. The van der Waals surface area contributed by atoms with Crippen LogP contribution in [0, 0.1) is 13.8 Å². The maximum absolute atomic E-state index is 13.3. The molecule has 2 rings (SSSR count). The van der Waals surface area contributed by atoms with Gasteiger partial charge < -0.3 is 10.1 Å². The molecule has 134 valence electrons. The van der Waals surface area contributed by atoms with Crippen molar-refractivity contribution in [3.8, 4) is 5.75 Å². The van der Waals surface area contributed by atoms with Crippen LogP contribution >= 0.6 is 0 Å². The van der Waals surface area contributed by atoms with Crippen LogP contribution in [0.1, 0.15) is 22.3 Å². The Balaban J connectivity index is 2.39. The van der Waals surface area contributed by atoms with Crippen molar-refractivity contribution in [2.75, 3.05) is 5.32 Å². The molecule has 0 aliphatic heterocycles. The molecule has 8 heteroatoms. The molecule has 4 N–H and O–H groups in total. The van der Waals surface area contributed by atoms with Gasteiger partial charge in [0.05, 0.1) is 11.3 Å². The smallest absolute Gasteiger partial charge is 0.420 e. The van der Waals surface area contributed by atoms with Crippen molar-refractivity contribution < 1.29 is 22.7 Å². The van der Waals surface area contributed by atoms with Gasteiger partial charge in [0.2, 0.25) is 0 Å². The van der Waals surface area contributed by atoms with Crippen LogP contribution in [0.2, 0.25) is 0 Å². The van der Waals surface area contributed by atoms with E-state index in [4.69, 9.17) is 10.6 Å². The molecule has 0 atom stereocenters. The van der Waals surface area contributed by atoms with Gasteiger partial charge in [0, 0.05) is 0 Å². The van der Waals surface area contributed by atoms with Crippen molar-refractivity contribution in [1.29, 1.82) is 0 Å². The Kier molecular flexibility index (Phi) is 5.53. The average molecular weight is 353 g/mol. The van der Waals surface area contributed by atoms with E-state index in [0.29, 0.717) is 0 Å². The number of hydrogen-bond acceptors (Lipinski definition) is 3. The molecule has 0 heterocycles. The number of carbonyl (C=O) groups is 1. The number of carbonyl (C=O) groups excluding carboxylic acids is 1. The van der Waals surface area contributed by atoms with Gasteiger partial charge in [-0.05, 0) is 37.1 Å². The van der Waals surface area contributed by atoms with Crippen molar-refractivity contribution in [2.24, 2.45) is 5.84 Å². The lowest BCUT2D eigenvalue weighted by molar-refractivity contribution is -0.139. The number of ether oxygens (including phenoxy) is 1. The fourth-order valence-electron chi connectivity index (χ4n) is 2.28. The topological polar surface area (TPSA) is 76.4 Å². The van der Waals surface area contributed by atoms with Crippen molar-refractivity contribution >= 4 is 11.7 Å². The number of anilines is 1. The molecule has 2 aromatic carbocycles. The molecule has 0 saturated heterocycles. The highest BCUT2D eigenvalue weighted by Crippen LogP contribution is 2.41. The van der Waals surface area contributed by atoms with Crippen molar-refractivity contribution in [2.45, 2.75) is 26.6 Å². The van der Waals surface area contributed by atoms with Crippen LogP contribution in [0.15, 0.2) is 36.4 Å². The Labute approximate surface area is 142 Å². The standard InChI is InChI=1S/C17H18F3N3O2/c1-10-6-7-11(2)12(8-10)9-25-15-13(17(18,19)20)4-3-5-14(15)22-16(24)23-21/h3-8H,9,21H2,1-2H3,(H2,22,23,24). The van der Waals surface area contributed by atoms with E-state index in [2.05, 4.69) is 5.32 Å². The number of para-hydroxylation sites is 1. The Hall–Kier alpha value is -2.74. The number of amides is 2. The van der Waals surface area contributed by atoms with Crippen molar-refractivity contribution in [3.63, 3.8) is 0 Å². The number of aryl methyl sites for hydroxylation is 2. The lowest BCUT2D eigenvalue weighted by atomic mass is 10.1. The summed E-state index contributed by atoms with van der Waals surface area (Å²) < 4.78 is 45.3. The second-order valence-electron chi connectivity index (χ2n) is 5.50. The van der Waals surface area contributed by atoms with E-state index in [9.17, 15) is 18.0 Å². The van der Waals surface area contributed by atoms with E-state index in [1.54, 1.807) is 5.43 Å². The number of urea groups is 1. The first-order valence-electron chi connectivity index (χ1n) is 7.39. The van der Waals surface area contributed by atoms with Crippen LogP contribution < -0.4 is 21.3 Å². The molecule has 2 amide bonds. The number of hydrazine groups is 1. The van der Waals surface area contributed by atoms with Crippen molar-refractivity contribution in [3.05, 3.63) is 58.7 Å². The second kappa shape index (κ2) is 7.43. The molecule has 0 unspecified atom stereocenters. The molecule has 0 bridgehead atoms. The second-order valence-corrected chi connectivity index (χ2v) is 5.50. The third kappa shape index (κ3) is 4.63. The Morgan fingerprint density at radius 1 is 1.20 bits per heavy atom. The first kappa shape index (κ1) is 18.6. The molecule has 0 spiro atoms. The third-order valence-corrected chi connectivity index (χ3v) is 3.58. The van der Waals surface area contributed by atoms with E-state index < -0.39 is 23.5 Å². The number of rotatable bonds is 4. The van der Waals surface area contributed by atoms with Crippen LogP contribution in [0.4, 0.5) is 23.7 Å². The van der Waals surface area contributed by atoms with Gasteiger partial charge in [0.1, 0.15) is 6.61 Å². The highest BCUT2D eigenvalue weighted by atomic mass is 19.4. The van der Waals surface area contributed by atoms with Gasteiger partial charge in [-0.1, -0.05) is 29.8 Å². The number of alkyl halides is 3. The number of nitrogens with two attached hydrogens (primary N) is 1. The summed E-state index contributed by atoms with van der Waals surface area (Å²) in [6, 6.07) is 8.14. The SMILES string of the molecule is Cc1ccc(C)c(COc2c(NC(=O)NN)cccc2C(F)(F)F)c1. The third-order valence-electron chi connectivity index (χ3n) is 3.58. The maximum atomic E-state index is 13.3. The minimum absolute atomic E-state index is 0.0699. The van der Waals surface area contributed by atoms with E-state index in [1.165, 1.54) is 12.1 Å². The molecule has 25 heavy (non-hydrogen) atoms. The van der Waals surface area contributed by atoms with Gasteiger partial charge >= 0.3 is 12.2 Å². The monoisotopic (exact) mass is 353 g/mol. The van der Waals surface area contributed by atoms with E-state index in [0.717, 1.165) is 22.8 Å². The van der Waals surface area contributed by atoms with Crippen LogP contribution in [0.25, 0.3) is 0 Å².